The van der Waals surface area contributed by atoms with Crippen molar-refractivity contribution in [2.45, 2.75) is 38.6 Å². The molecule has 2 atom stereocenters. The average Bonchev–Trinajstić information content (AvgIpc) is 2.90. The summed E-state index contributed by atoms with van der Waals surface area (Å²) in [6.07, 6.45) is 2.51. The maximum atomic E-state index is 12.3. The lowest BCUT2D eigenvalue weighted by atomic mass is 9.99. The van der Waals surface area contributed by atoms with E-state index in [9.17, 15) is 19.8 Å². The molecule has 1 saturated heterocycles. The fourth-order valence-electron chi connectivity index (χ4n) is 3.19. The van der Waals surface area contributed by atoms with Gasteiger partial charge in [0.05, 0.1) is 30.6 Å². The van der Waals surface area contributed by atoms with E-state index in [1.165, 1.54) is 0 Å². The minimum atomic E-state index is -1.17. The van der Waals surface area contributed by atoms with Crippen LogP contribution in [0.5, 0.6) is 0 Å². The number of carbonyl (C=O) groups is 2. The molecule has 1 saturated carbocycles. The van der Waals surface area contributed by atoms with E-state index >= 15 is 0 Å². The Morgan fingerprint density at radius 2 is 1.61 bits per heavy atom. The van der Waals surface area contributed by atoms with E-state index in [1.807, 2.05) is 0 Å². The number of aliphatic hydroxyl groups excluding tert-OH is 2. The first-order chi connectivity index (χ1) is 8.48. The lowest BCUT2D eigenvalue weighted by Gasteiger charge is -2.34. The molecule has 2 N–H and O–H groups in total. The van der Waals surface area contributed by atoms with Crippen LogP contribution in [0.3, 0.4) is 0 Å². The molecular formula is C13H21NO4. The summed E-state index contributed by atoms with van der Waals surface area (Å²) in [5.41, 5.74) is -1.17. The van der Waals surface area contributed by atoms with Crippen molar-refractivity contribution in [2.24, 2.45) is 17.8 Å². The third-order valence-electron chi connectivity index (χ3n) is 4.53. The van der Waals surface area contributed by atoms with Crippen LogP contribution in [0.2, 0.25) is 0 Å². The highest BCUT2D eigenvalue weighted by Gasteiger charge is 2.56. The van der Waals surface area contributed by atoms with Crippen LogP contribution in [-0.4, -0.2) is 45.7 Å². The van der Waals surface area contributed by atoms with Crippen molar-refractivity contribution >= 4 is 11.8 Å². The Morgan fingerprint density at radius 1 is 1.17 bits per heavy atom. The summed E-state index contributed by atoms with van der Waals surface area (Å²) in [6, 6.07) is 0. The Balaban J connectivity index is 2.24. The zero-order valence-corrected chi connectivity index (χ0v) is 10.9. The van der Waals surface area contributed by atoms with Crippen LogP contribution in [0, 0.1) is 17.8 Å². The molecule has 2 amide bonds. The van der Waals surface area contributed by atoms with Gasteiger partial charge in [0.1, 0.15) is 0 Å². The molecule has 0 spiro atoms. The number of amides is 2. The standard InChI is InChI=1S/C13H21NO4/c1-3-8-4-9-10(5-8)12(18)14(11(9)17)13(2,6-15)7-16/h8-10,15-16H,3-7H2,1-2H3. The molecule has 1 aliphatic heterocycles. The minimum Gasteiger partial charge on any atom is -0.394 e. The second kappa shape index (κ2) is 4.63. The van der Waals surface area contributed by atoms with Gasteiger partial charge in [0.25, 0.3) is 0 Å². The molecule has 0 aromatic rings. The Kier molecular flexibility index (Phi) is 3.47. The van der Waals surface area contributed by atoms with Gasteiger partial charge in [0, 0.05) is 0 Å². The van der Waals surface area contributed by atoms with Gasteiger partial charge < -0.3 is 10.2 Å². The van der Waals surface area contributed by atoms with Crippen molar-refractivity contribution in [3.63, 3.8) is 0 Å². The summed E-state index contributed by atoms with van der Waals surface area (Å²) in [5.74, 6) is -0.456. The molecule has 102 valence electrons. The van der Waals surface area contributed by atoms with Crippen molar-refractivity contribution in [2.75, 3.05) is 13.2 Å². The summed E-state index contributed by atoms with van der Waals surface area (Å²) in [5, 5.41) is 18.7. The molecule has 5 nitrogen and oxygen atoms in total. The summed E-state index contributed by atoms with van der Waals surface area (Å²) in [4.78, 5) is 25.7. The molecule has 2 unspecified atom stereocenters. The topological polar surface area (TPSA) is 77.8 Å². The predicted molar refractivity (Wildman–Crippen MR) is 64.4 cm³/mol. The molecule has 2 fully saturated rings. The minimum absolute atomic E-state index is 0.216. The Bertz CT molecular complexity index is 340. The van der Waals surface area contributed by atoms with E-state index in [4.69, 9.17) is 0 Å². The molecule has 0 bridgehead atoms. The zero-order valence-electron chi connectivity index (χ0n) is 10.9. The lowest BCUT2D eigenvalue weighted by Crippen LogP contribution is -2.55. The number of aliphatic hydroxyl groups is 2. The maximum absolute atomic E-state index is 12.3. The van der Waals surface area contributed by atoms with E-state index in [-0.39, 0.29) is 23.7 Å². The number of hydrogen-bond donors (Lipinski definition) is 2. The van der Waals surface area contributed by atoms with Gasteiger partial charge in [0.2, 0.25) is 11.8 Å². The SMILES string of the molecule is CCC1CC2C(=O)N(C(C)(CO)CO)C(=O)C2C1. The second-order valence-electron chi connectivity index (χ2n) is 5.78. The first kappa shape index (κ1) is 13.5. The highest BCUT2D eigenvalue weighted by atomic mass is 16.3. The Hall–Kier alpha value is -0.940. The summed E-state index contributed by atoms with van der Waals surface area (Å²) in [7, 11) is 0. The number of imide groups is 1. The summed E-state index contributed by atoms with van der Waals surface area (Å²) >= 11 is 0. The van der Waals surface area contributed by atoms with Crippen LogP contribution in [0.15, 0.2) is 0 Å². The van der Waals surface area contributed by atoms with E-state index in [1.54, 1.807) is 6.92 Å². The number of nitrogens with zero attached hydrogens (tertiary/aromatic N) is 1. The van der Waals surface area contributed by atoms with Gasteiger partial charge in [-0.1, -0.05) is 13.3 Å². The van der Waals surface area contributed by atoms with Crippen molar-refractivity contribution in [3.8, 4) is 0 Å². The van der Waals surface area contributed by atoms with Gasteiger partial charge in [-0.25, -0.2) is 0 Å². The number of carbonyl (C=O) groups excluding carboxylic acids is 2. The van der Waals surface area contributed by atoms with Crippen LogP contribution in [0.1, 0.15) is 33.1 Å². The van der Waals surface area contributed by atoms with Crippen LogP contribution >= 0.6 is 0 Å². The largest absolute Gasteiger partial charge is 0.394 e. The van der Waals surface area contributed by atoms with E-state index in [0.717, 1.165) is 24.2 Å². The van der Waals surface area contributed by atoms with Crippen LogP contribution < -0.4 is 0 Å². The fourth-order valence-corrected chi connectivity index (χ4v) is 3.19. The van der Waals surface area contributed by atoms with Crippen molar-refractivity contribution in [3.05, 3.63) is 0 Å². The van der Waals surface area contributed by atoms with Gasteiger partial charge in [-0.2, -0.15) is 0 Å². The molecular weight excluding hydrogens is 234 g/mol. The average molecular weight is 255 g/mol. The van der Waals surface area contributed by atoms with Crippen molar-refractivity contribution in [1.29, 1.82) is 0 Å². The first-order valence-electron chi connectivity index (χ1n) is 6.58. The predicted octanol–water partition coefficient (Wildman–Crippen LogP) is 0.151. The smallest absolute Gasteiger partial charge is 0.233 e. The zero-order chi connectivity index (χ0) is 13.5. The molecule has 0 aromatic carbocycles. The van der Waals surface area contributed by atoms with Gasteiger partial charge >= 0.3 is 0 Å². The third kappa shape index (κ3) is 1.77. The maximum Gasteiger partial charge on any atom is 0.233 e. The normalized spacial score (nSPS) is 32.2. The highest BCUT2D eigenvalue weighted by molar-refractivity contribution is 6.06. The quantitative estimate of drug-likeness (QED) is 0.701. The Morgan fingerprint density at radius 3 is 1.94 bits per heavy atom. The van der Waals surface area contributed by atoms with Gasteiger partial charge in [-0.15, -0.1) is 0 Å². The number of likely N-dealkylation sites (tertiary alicyclic amines) is 1. The van der Waals surface area contributed by atoms with Gasteiger partial charge in [-0.05, 0) is 25.7 Å². The fraction of sp³-hybridized carbons (Fsp3) is 0.846. The number of fused-ring (bicyclic) bond motifs is 1. The van der Waals surface area contributed by atoms with E-state index in [2.05, 4.69) is 6.92 Å². The molecule has 1 heterocycles. The monoisotopic (exact) mass is 255 g/mol. The van der Waals surface area contributed by atoms with Crippen LogP contribution in [-0.2, 0) is 9.59 Å². The van der Waals surface area contributed by atoms with Crippen molar-refractivity contribution in [1.82, 2.24) is 4.90 Å². The molecule has 18 heavy (non-hydrogen) atoms. The molecule has 1 aliphatic carbocycles. The third-order valence-corrected chi connectivity index (χ3v) is 4.53. The van der Waals surface area contributed by atoms with Crippen LogP contribution in [0.25, 0.3) is 0 Å². The molecule has 5 heteroatoms. The first-order valence-corrected chi connectivity index (χ1v) is 6.58. The van der Waals surface area contributed by atoms with E-state index in [0.29, 0.717) is 5.92 Å². The van der Waals surface area contributed by atoms with Crippen LogP contribution in [0.4, 0.5) is 0 Å². The highest BCUT2D eigenvalue weighted by Crippen LogP contribution is 2.46. The molecule has 0 aromatic heterocycles. The van der Waals surface area contributed by atoms with Gasteiger partial charge in [0.15, 0.2) is 0 Å². The lowest BCUT2D eigenvalue weighted by molar-refractivity contribution is -0.151. The van der Waals surface area contributed by atoms with Crippen molar-refractivity contribution < 1.29 is 19.8 Å². The van der Waals surface area contributed by atoms with Gasteiger partial charge in [-0.3, -0.25) is 14.5 Å². The summed E-state index contributed by atoms with van der Waals surface area (Å²) in [6.45, 7) is 2.81. The molecule has 2 aliphatic rings. The molecule has 0 radical (unpaired) electrons. The van der Waals surface area contributed by atoms with E-state index < -0.39 is 18.8 Å². The Labute approximate surface area is 107 Å². The number of hydrogen-bond acceptors (Lipinski definition) is 4. The molecule has 2 rings (SSSR count). The summed E-state index contributed by atoms with van der Waals surface area (Å²) < 4.78 is 0. The second-order valence-corrected chi connectivity index (χ2v) is 5.78. The number of rotatable bonds is 4.